The third-order valence-electron chi connectivity index (χ3n) is 4.28. The van der Waals surface area contributed by atoms with Crippen molar-refractivity contribution >= 4 is 33.5 Å². The zero-order valence-corrected chi connectivity index (χ0v) is 15.3. The molecule has 8 heteroatoms. The highest BCUT2D eigenvalue weighted by Gasteiger charge is 2.12. The minimum atomic E-state index is -2.14. The third kappa shape index (κ3) is 3.57. The molecule has 136 valence electrons. The van der Waals surface area contributed by atoms with Gasteiger partial charge >= 0.3 is 0 Å². The lowest BCUT2D eigenvalue weighted by molar-refractivity contribution is 0.536. The summed E-state index contributed by atoms with van der Waals surface area (Å²) in [6.45, 7) is 0. The van der Waals surface area contributed by atoms with Crippen LogP contribution in [-0.2, 0) is 16.8 Å². The van der Waals surface area contributed by atoms with Gasteiger partial charge < -0.3 is 9.45 Å². The van der Waals surface area contributed by atoms with Gasteiger partial charge in [0.2, 0.25) is 0 Å². The molecule has 2 aromatic heterocycles. The Bertz CT molecular complexity index is 1130. The molecule has 0 aliphatic carbocycles. The smallest absolute Gasteiger partial charge is 0.161 e. The molecular weight excluding hydrogens is 362 g/mol. The van der Waals surface area contributed by atoms with Crippen LogP contribution >= 0.6 is 0 Å². The van der Waals surface area contributed by atoms with Crippen LogP contribution in [-0.4, -0.2) is 36.0 Å². The lowest BCUT2D eigenvalue weighted by atomic mass is 10.1. The van der Waals surface area contributed by atoms with E-state index in [1.807, 2.05) is 48.3 Å². The first-order chi connectivity index (χ1) is 13.1. The molecule has 0 saturated carbocycles. The number of benzene rings is 2. The number of fused-ring (bicyclic) bond motifs is 1. The van der Waals surface area contributed by atoms with E-state index >= 15 is 0 Å². The highest BCUT2D eigenvalue weighted by Crippen LogP contribution is 2.29. The highest BCUT2D eigenvalue weighted by molar-refractivity contribution is 7.78. The molecule has 0 spiro atoms. The van der Waals surface area contributed by atoms with Crippen molar-refractivity contribution in [3.8, 4) is 11.4 Å². The molecule has 0 fully saturated rings. The Hall–Kier alpha value is -3.10. The summed E-state index contributed by atoms with van der Waals surface area (Å²) < 4.78 is 21.9. The molecule has 27 heavy (non-hydrogen) atoms. The first-order valence-electron chi connectivity index (χ1n) is 8.26. The van der Waals surface area contributed by atoms with Crippen molar-refractivity contribution in [2.75, 3.05) is 11.9 Å². The normalized spacial score (nSPS) is 12.2. The first kappa shape index (κ1) is 17.3. The Morgan fingerprint density at radius 3 is 2.89 bits per heavy atom. The summed E-state index contributed by atoms with van der Waals surface area (Å²) >= 11 is -2.14. The zero-order chi connectivity index (χ0) is 18.8. The Kier molecular flexibility index (Phi) is 4.66. The number of rotatable bonds is 5. The van der Waals surface area contributed by atoms with E-state index in [-0.39, 0.29) is 5.75 Å². The Morgan fingerprint density at radius 2 is 2.04 bits per heavy atom. The monoisotopic (exact) mass is 378 g/mol. The molecule has 1 N–H and O–H groups in total. The van der Waals surface area contributed by atoms with Crippen LogP contribution < -0.4 is 4.90 Å². The van der Waals surface area contributed by atoms with Gasteiger partial charge in [0.05, 0.1) is 17.4 Å². The molecule has 0 bridgehead atoms. The fraction of sp³-hybridized carbons (Fsp3) is 0.105. The highest BCUT2D eigenvalue weighted by atomic mass is 32.2. The van der Waals surface area contributed by atoms with Crippen LogP contribution in [0.5, 0.6) is 0 Å². The molecule has 7 nitrogen and oxygen atoms in total. The van der Waals surface area contributed by atoms with Crippen molar-refractivity contribution in [2.24, 2.45) is 0 Å². The van der Waals surface area contributed by atoms with Crippen LogP contribution in [0.4, 0.5) is 11.5 Å². The summed E-state index contributed by atoms with van der Waals surface area (Å²) in [7, 11) is 1.94. The van der Waals surface area contributed by atoms with Gasteiger partial charge in [-0.15, -0.1) is 0 Å². The second-order valence-electron chi connectivity index (χ2n) is 6.05. The van der Waals surface area contributed by atoms with Crippen LogP contribution in [0.15, 0.2) is 60.9 Å². The van der Waals surface area contributed by atoms with E-state index in [2.05, 4.69) is 20.2 Å². The molecule has 0 saturated heterocycles. The number of anilines is 2. The van der Waals surface area contributed by atoms with Gasteiger partial charge in [-0.1, -0.05) is 35.3 Å². The van der Waals surface area contributed by atoms with E-state index in [1.165, 1.54) is 0 Å². The maximum atomic E-state index is 11.0. The van der Waals surface area contributed by atoms with Gasteiger partial charge in [-0.25, -0.2) is 9.97 Å². The zero-order valence-electron chi connectivity index (χ0n) is 14.5. The molecule has 1 unspecified atom stereocenters. The number of aromatic nitrogens is 4. The lowest BCUT2D eigenvalue weighted by Gasteiger charge is -2.19. The fourth-order valence-corrected chi connectivity index (χ4v) is 3.43. The number of aromatic amines is 1. The number of H-pyrrole nitrogens is 1. The van der Waals surface area contributed by atoms with Crippen molar-refractivity contribution in [3.63, 3.8) is 0 Å². The molecule has 4 aromatic rings. The van der Waals surface area contributed by atoms with Crippen LogP contribution in [0.1, 0.15) is 5.56 Å². The quantitative estimate of drug-likeness (QED) is 0.536. The van der Waals surface area contributed by atoms with E-state index in [0.717, 1.165) is 28.0 Å². The third-order valence-corrected chi connectivity index (χ3v) is 4.85. The first-order valence-corrected chi connectivity index (χ1v) is 9.50. The van der Waals surface area contributed by atoms with Gasteiger partial charge in [0.25, 0.3) is 0 Å². The van der Waals surface area contributed by atoms with E-state index in [0.29, 0.717) is 11.4 Å². The van der Waals surface area contributed by atoms with Crippen LogP contribution in [0.3, 0.4) is 0 Å². The minimum absolute atomic E-state index is 0.0318. The van der Waals surface area contributed by atoms with Gasteiger partial charge in [0.15, 0.2) is 5.82 Å². The summed E-state index contributed by atoms with van der Waals surface area (Å²) in [6.07, 6.45) is 3.48. The van der Waals surface area contributed by atoms with E-state index in [4.69, 9.17) is 0 Å². The Labute approximate surface area is 158 Å². The SMILES string of the molecule is CN(c1ccnc(-c2cccc(CS(=O)[O-])c2)n1)c1cccc2[nH]ncc12. The predicted molar refractivity (Wildman–Crippen MR) is 104 cm³/mol. The van der Waals surface area contributed by atoms with Gasteiger partial charge in [0, 0.05) is 29.9 Å². The average Bonchev–Trinajstić information content (AvgIpc) is 3.16. The van der Waals surface area contributed by atoms with Crippen molar-refractivity contribution in [1.82, 2.24) is 20.2 Å². The fourth-order valence-electron chi connectivity index (χ4n) is 2.98. The van der Waals surface area contributed by atoms with Crippen molar-refractivity contribution in [1.29, 1.82) is 0 Å². The van der Waals surface area contributed by atoms with E-state index < -0.39 is 11.1 Å². The molecule has 0 radical (unpaired) electrons. The number of nitrogens with one attached hydrogen (secondary N) is 1. The Balaban J connectivity index is 1.70. The number of hydrogen-bond donors (Lipinski definition) is 1. The molecule has 4 rings (SSSR count). The molecule has 1 atom stereocenters. The van der Waals surface area contributed by atoms with Crippen molar-refractivity contribution in [3.05, 3.63) is 66.5 Å². The van der Waals surface area contributed by atoms with Crippen molar-refractivity contribution in [2.45, 2.75) is 5.75 Å². The van der Waals surface area contributed by atoms with Gasteiger partial charge in [-0.3, -0.25) is 9.31 Å². The molecule has 0 aliphatic rings. The second-order valence-corrected chi connectivity index (χ2v) is 6.95. The van der Waals surface area contributed by atoms with Crippen LogP contribution in [0.25, 0.3) is 22.3 Å². The minimum Gasteiger partial charge on any atom is -0.772 e. The molecule has 2 heterocycles. The second kappa shape index (κ2) is 7.26. The topological polar surface area (TPSA) is 97.8 Å². The molecular formula is C19H16N5O2S-. The Morgan fingerprint density at radius 1 is 1.19 bits per heavy atom. The van der Waals surface area contributed by atoms with Gasteiger partial charge in [-0.2, -0.15) is 5.10 Å². The van der Waals surface area contributed by atoms with Crippen LogP contribution in [0.2, 0.25) is 0 Å². The van der Waals surface area contributed by atoms with Crippen LogP contribution in [0, 0.1) is 0 Å². The lowest BCUT2D eigenvalue weighted by Crippen LogP contribution is -2.12. The number of nitrogens with zero attached hydrogens (tertiary/aromatic N) is 4. The average molecular weight is 378 g/mol. The van der Waals surface area contributed by atoms with E-state index in [1.54, 1.807) is 24.5 Å². The molecule has 0 amide bonds. The molecule has 2 aromatic carbocycles. The standard InChI is InChI=1S/C19H17N5O2S/c1-24(17-7-3-6-16-15(17)11-21-23-16)18-8-9-20-19(22-18)14-5-2-4-13(10-14)12-27(25)26/h2-11H,12H2,1H3,(H,21,23)(H,25,26)/p-1. The maximum Gasteiger partial charge on any atom is 0.161 e. The largest absolute Gasteiger partial charge is 0.772 e. The summed E-state index contributed by atoms with van der Waals surface area (Å²) in [5.41, 5.74) is 3.40. The predicted octanol–water partition coefficient (Wildman–Crippen LogP) is 3.17. The van der Waals surface area contributed by atoms with Crippen molar-refractivity contribution < 1.29 is 8.76 Å². The summed E-state index contributed by atoms with van der Waals surface area (Å²) in [6, 6.07) is 15.0. The summed E-state index contributed by atoms with van der Waals surface area (Å²) in [5.74, 6) is 1.24. The van der Waals surface area contributed by atoms with Gasteiger partial charge in [0.1, 0.15) is 5.82 Å². The summed E-state index contributed by atoms with van der Waals surface area (Å²) in [4.78, 5) is 11.0. The maximum absolute atomic E-state index is 11.0. The summed E-state index contributed by atoms with van der Waals surface area (Å²) in [5, 5.41) is 8.07. The molecule has 0 aliphatic heterocycles. The van der Waals surface area contributed by atoms with Gasteiger partial charge in [-0.05, 0) is 29.8 Å². The number of hydrogen-bond acceptors (Lipinski definition) is 6. The van der Waals surface area contributed by atoms with E-state index in [9.17, 15) is 8.76 Å².